The molecule has 8 nitrogen and oxygen atoms in total. The maximum Gasteiger partial charge on any atom is 0.288 e. The van der Waals surface area contributed by atoms with Gasteiger partial charge in [-0.25, -0.2) is 4.98 Å². The Morgan fingerprint density at radius 1 is 1.30 bits per heavy atom. The van der Waals surface area contributed by atoms with Crippen LogP contribution in [0, 0.1) is 0 Å². The predicted molar refractivity (Wildman–Crippen MR) is 102 cm³/mol. The van der Waals surface area contributed by atoms with E-state index < -0.39 is 0 Å². The fraction of sp³-hybridized carbons (Fsp3) is 0.368. The van der Waals surface area contributed by atoms with Crippen molar-refractivity contribution in [3.63, 3.8) is 0 Å². The van der Waals surface area contributed by atoms with Crippen molar-refractivity contribution in [2.45, 2.75) is 25.8 Å². The molecule has 0 saturated carbocycles. The minimum Gasteiger partial charge on any atom is -0.348 e. The summed E-state index contributed by atoms with van der Waals surface area (Å²) in [5.74, 6) is -0.0578. The second-order valence-electron chi connectivity index (χ2n) is 6.69. The number of hydrogen-bond acceptors (Lipinski definition) is 5. The Balaban J connectivity index is 1.55. The van der Waals surface area contributed by atoms with E-state index in [0.717, 1.165) is 31.5 Å². The van der Waals surface area contributed by atoms with E-state index >= 15 is 0 Å². The van der Waals surface area contributed by atoms with Crippen LogP contribution in [0.3, 0.4) is 0 Å². The molecule has 3 heterocycles. The molecule has 27 heavy (non-hydrogen) atoms. The largest absolute Gasteiger partial charge is 0.348 e. The molecule has 2 aromatic heterocycles. The quantitative estimate of drug-likeness (QED) is 0.710. The van der Waals surface area contributed by atoms with Crippen LogP contribution >= 0.6 is 0 Å². The first-order valence-corrected chi connectivity index (χ1v) is 9.23. The maximum atomic E-state index is 12.5. The van der Waals surface area contributed by atoms with Crippen LogP contribution in [0.5, 0.6) is 0 Å². The number of hydrogen-bond donors (Lipinski definition) is 2. The Bertz CT molecular complexity index is 1010. The van der Waals surface area contributed by atoms with Crippen LogP contribution in [-0.2, 0) is 0 Å². The number of rotatable bonds is 5. The predicted octanol–water partition coefficient (Wildman–Crippen LogP) is 1.30. The molecule has 1 aromatic carbocycles. The minimum absolute atomic E-state index is 0.0888. The third-order valence-corrected chi connectivity index (χ3v) is 5.02. The first-order valence-electron chi connectivity index (χ1n) is 9.23. The number of nitrogens with one attached hydrogen (secondary N) is 2. The number of carbonyl (C=O) groups excluding carboxylic acids is 1. The molecule has 2 N–H and O–H groups in total. The summed E-state index contributed by atoms with van der Waals surface area (Å²) in [6.07, 6.45) is 2.23. The van der Waals surface area contributed by atoms with Crippen molar-refractivity contribution in [3.05, 3.63) is 52.6 Å². The van der Waals surface area contributed by atoms with E-state index in [1.807, 2.05) is 30.3 Å². The molecule has 0 radical (unpaired) electrons. The highest BCUT2D eigenvalue weighted by Crippen LogP contribution is 2.16. The smallest absolute Gasteiger partial charge is 0.288 e. The zero-order chi connectivity index (χ0) is 18.8. The number of carbonyl (C=O) groups is 1. The zero-order valence-electron chi connectivity index (χ0n) is 15.2. The molecule has 1 amide bonds. The fourth-order valence-corrected chi connectivity index (χ4v) is 3.58. The lowest BCUT2D eigenvalue weighted by Gasteiger charge is -2.22. The molecule has 4 rings (SSSR count). The van der Waals surface area contributed by atoms with E-state index in [4.69, 9.17) is 0 Å². The van der Waals surface area contributed by atoms with Crippen molar-refractivity contribution >= 4 is 11.7 Å². The summed E-state index contributed by atoms with van der Waals surface area (Å²) in [5, 5.41) is 5.66. The van der Waals surface area contributed by atoms with Gasteiger partial charge < -0.3 is 5.32 Å². The molecule has 8 heteroatoms. The number of H-pyrrole nitrogens is 1. The van der Waals surface area contributed by atoms with Gasteiger partial charge in [0.2, 0.25) is 5.82 Å². The van der Waals surface area contributed by atoms with Crippen LogP contribution in [-0.4, -0.2) is 56.1 Å². The molecule has 1 aliphatic rings. The second-order valence-corrected chi connectivity index (χ2v) is 6.69. The highest BCUT2D eigenvalue weighted by Gasteiger charge is 2.24. The molecule has 1 atom stereocenters. The van der Waals surface area contributed by atoms with Crippen molar-refractivity contribution < 1.29 is 4.79 Å². The van der Waals surface area contributed by atoms with Crippen molar-refractivity contribution in [3.8, 4) is 11.3 Å². The van der Waals surface area contributed by atoms with Crippen molar-refractivity contribution in [1.82, 2.24) is 29.8 Å². The van der Waals surface area contributed by atoms with Crippen LogP contribution in [0.2, 0.25) is 0 Å². The topological polar surface area (TPSA) is 95.4 Å². The van der Waals surface area contributed by atoms with Gasteiger partial charge in [0.05, 0.1) is 5.69 Å². The van der Waals surface area contributed by atoms with Crippen molar-refractivity contribution in [2.24, 2.45) is 0 Å². The lowest BCUT2D eigenvalue weighted by atomic mass is 10.1. The number of aromatic nitrogens is 4. The van der Waals surface area contributed by atoms with Gasteiger partial charge in [-0.1, -0.05) is 37.3 Å². The standard InChI is InChI=1S/C19H22N6O2/c1-2-24-10-6-9-14(24)12-20-18(27)17-22-19-21-15(11-16(26)25(19)23-17)13-7-4-3-5-8-13/h3-5,7-8,11,14H,2,6,9-10,12H2,1H3,(H,20,27)(H,21,22,23). The summed E-state index contributed by atoms with van der Waals surface area (Å²) in [5.41, 5.74) is 1.05. The first kappa shape index (κ1) is 17.4. The highest BCUT2D eigenvalue weighted by molar-refractivity contribution is 5.90. The molecule has 1 fully saturated rings. The van der Waals surface area contributed by atoms with Gasteiger partial charge in [-0.2, -0.15) is 9.50 Å². The summed E-state index contributed by atoms with van der Waals surface area (Å²) in [7, 11) is 0. The van der Waals surface area contributed by atoms with Crippen molar-refractivity contribution in [2.75, 3.05) is 19.6 Å². The lowest BCUT2D eigenvalue weighted by Crippen LogP contribution is -2.40. The Kier molecular flexibility index (Phi) is 4.72. The number of benzene rings is 1. The lowest BCUT2D eigenvalue weighted by molar-refractivity contribution is 0.0931. The maximum absolute atomic E-state index is 12.5. The van der Waals surface area contributed by atoms with Gasteiger partial charge in [0.1, 0.15) is 0 Å². The molecule has 1 unspecified atom stereocenters. The highest BCUT2D eigenvalue weighted by atomic mass is 16.2. The van der Waals surface area contributed by atoms with Gasteiger partial charge in [-0.3, -0.25) is 19.6 Å². The average Bonchev–Trinajstić information content (AvgIpc) is 3.33. The number of fused-ring (bicyclic) bond motifs is 1. The van der Waals surface area contributed by atoms with Gasteiger partial charge in [0.15, 0.2) is 0 Å². The van der Waals surface area contributed by atoms with Gasteiger partial charge in [0, 0.05) is 24.2 Å². The molecule has 3 aromatic rings. The molecule has 1 aliphatic heterocycles. The molecule has 0 spiro atoms. The van der Waals surface area contributed by atoms with Crippen LogP contribution < -0.4 is 10.9 Å². The van der Waals surface area contributed by atoms with E-state index in [9.17, 15) is 9.59 Å². The summed E-state index contributed by atoms with van der Waals surface area (Å²) < 4.78 is 1.19. The van der Waals surface area contributed by atoms with E-state index in [0.29, 0.717) is 18.3 Å². The zero-order valence-corrected chi connectivity index (χ0v) is 15.2. The second kappa shape index (κ2) is 7.32. The van der Waals surface area contributed by atoms with Crippen LogP contribution in [0.25, 0.3) is 17.0 Å². The number of likely N-dealkylation sites (N-methyl/N-ethyl adjacent to an activating group) is 1. The number of aromatic amines is 1. The summed E-state index contributed by atoms with van der Waals surface area (Å²) in [6, 6.07) is 11.2. The van der Waals surface area contributed by atoms with Crippen LogP contribution in [0.1, 0.15) is 30.4 Å². The Morgan fingerprint density at radius 3 is 2.89 bits per heavy atom. The van der Waals surface area contributed by atoms with E-state index in [2.05, 4.69) is 32.2 Å². The van der Waals surface area contributed by atoms with E-state index in [-0.39, 0.29) is 23.1 Å². The summed E-state index contributed by atoms with van der Waals surface area (Å²) in [4.78, 5) is 35.8. The normalized spacial score (nSPS) is 17.4. The molecule has 140 valence electrons. The Morgan fingerprint density at radius 2 is 2.11 bits per heavy atom. The third-order valence-electron chi connectivity index (χ3n) is 5.02. The van der Waals surface area contributed by atoms with E-state index in [1.54, 1.807) is 0 Å². The van der Waals surface area contributed by atoms with Gasteiger partial charge in [-0.15, -0.1) is 0 Å². The number of likely N-dealkylation sites (tertiary alicyclic amines) is 1. The number of amides is 1. The Labute approximate surface area is 156 Å². The molecule has 1 saturated heterocycles. The third kappa shape index (κ3) is 3.48. The van der Waals surface area contributed by atoms with Crippen LogP contribution in [0.4, 0.5) is 0 Å². The monoisotopic (exact) mass is 366 g/mol. The molecular weight excluding hydrogens is 344 g/mol. The summed E-state index contributed by atoms with van der Waals surface area (Å²) in [6.45, 7) is 4.75. The first-order chi connectivity index (χ1) is 13.2. The Hall–Kier alpha value is -3.00. The van der Waals surface area contributed by atoms with Crippen LogP contribution in [0.15, 0.2) is 41.2 Å². The van der Waals surface area contributed by atoms with Gasteiger partial charge >= 0.3 is 0 Å². The molecular formula is C19H22N6O2. The summed E-state index contributed by atoms with van der Waals surface area (Å²) >= 11 is 0. The van der Waals surface area contributed by atoms with E-state index in [1.165, 1.54) is 10.6 Å². The molecule has 0 aliphatic carbocycles. The number of nitrogens with zero attached hydrogens (tertiary/aromatic N) is 4. The SMILES string of the molecule is CCN1CCCC1CNC(=O)c1nc2nc(-c3ccccc3)cc(=O)n2[nH]1. The fourth-order valence-electron chi connectivity index (χ4n) is 3.58. The minimum atomic E-state index is -0.330. The van der Waals surface area contributed by atoms with Crippen molar-refractivity contribution in [1.29, 1.82) is 0 Å². The average molecular weight is 366 g/mol. The van der Waals surface area contributed by atoms with Gasteiger partial charge in [-0.05, 0) is 25.9 Å². The van der Waals surface area contributed by atoms with Gasteiger partial charge in [0.25, 0.3) is 17.2 Å². The molecule has 0 bridgehead atoms.